The second kappa shape index (κ2) is 7.66. The van der Waals surface area contributed by atoms with Gasteiger partial charge in [-0.25, -0.2) is 4.79 Å². The number of cyclic esters (lactones) is 1. The zero-order valence-corrected chi connectivity index (χ0v) is 11.4. The summed E-state index contributed by atoms with van der Waals surface area (Å²) < 4.78 is 15.4. The SMILES string of the molecule is COCCNCc1ccc(OCC2CNC(=O)O2)cn1. The molecule has 2 heterocycles. The van der Waals surface area contributed by atoms with Crippen molar-refractivity contribution >= 4 is 6.09 Å². The summed E-state index contributed by atoms with van der Waals surface area (Å²) in [5.41, 5.74) is 0.933. The average molecular weight is 281 g/mol. The number of rotatable bonds is 8. The number of carbonyl (C=O) groups is 1. The number of amides is 1. The van der Waals surface area contributed by atoms with Gasteiger partial charge in [0.1, 0.15) is 12.4 Å². The summed E-state index contributed by atoms with van der Waals surface area (Å²) >= 11 is 0. The fraction of sp³-hybridized carbons (Fsp3) is 0.538. The Morgan fingerprint density at radius 3 is 3.10 bits per heavy atom. The molecule has 1 aliphatic rings. The second-order valence-electron chi connectivity index (χ2n) is 4.37. The first-order chi connectivity index (χ1) is 9.78. The molecule has 1 amide bonds. The zero-order chi connectivity index (χ0) is 14.2. The molecule has 0 aliphatic carbocycles. The van der Waals surface area contributed by atoms with Crippen LogP contribution in [-0.4, -0.2) is 50.6 Å². The van der Waals surface area contributed by atoms with Crippen LogP contribution in [0.25, 0.3) is 0 Å². The summed E-state index contributed by atoms with van der Waals surface area (Å²) in [6, 6.07) is 3.75. The standard InChI is InChI=1S/C13H19N3O4/c1-18-5-4-14-6-10-2-3-11(7-15-10)19-9-12-8-16-13(17)20-12/h2-3,7,12,14H,4-6,8-9H2,1H3,(H,16,17). The van der Waals surface area contributed by atoms with Gasteiger partial charge in [-0.2, -0.15) is 0 Å². The van der Waals surface area contributed by atoms with E-state index in [0.29, 0.717) is 32.1 Å². The van der Waals surface area contributed by atoms with Gasteiger partial charge in [-0.3, -0.25) is 4.98 Å². The third-order valence-electron chi connectivity index (χ3n) is 2.77. The van der Waals surface area contributed by atoms with E-state index in [4.69, 9.17) is 14.2 Å². The molecule has 1 aromatic rings. The first-order valence-corrected chi connectivity index (χ1v) is 6.50. The average Bonchev–Trinajstić information content (AvgIpc) is 2.88. The van der Waals surface area contributed by atoms with Crippen molar-refractivity contribution in [2.75, 3.05) is 33.4 Å². The van der Waals surface area contributed by atoms with Gasteiger partial charge in [0.15, 0.2) is 6.10 Å². The smallest absolute Gasteiger partial charge is 0.407 e. The Bertz CT molecular complexity index is 424. The van der Waals surface area contributed by atoms with E-state index in [1.807, 2.05) is 12.1 Å². The van der Waals surface area contributed by atoms with Crippen molar-refractivity contribution < 1.29 is 19.0 Å². The summed E-state index contributed by atoms with van der Waals surface area (Å²) in [6.45, 7) is 2.96. The van der Waals surface area contributed by atoms with Crippen molar-refractivity contribution in [1.82, 2.24) is 15.6 Å². The summed E-state index contributed by atoms with van der Waals surface area (Å²) in [4.78, 5) is 15.1. The van der Waals surface area contributed by atoms with Gasteiger partial charge in [0.05, 0.1) is 25.0 Å². The third-order valence-corrected chi connectivity index (χ3v) is 2.77. The number of nitrogens with one attached hydrogen (secondary N) is 2. The number of hydrogen-bond acceptors (Lipinski definition) is 6. The highest BCUT2D eigenvalue weighted by Crippen LogP contribution is 2.11. The van der Waals surface area contributed by atoms with E-state index >= 15 is 0 Å². The number of aromatic nitrogens is 1. The lowest BCUT2D eigenvalue weighted by Crippen LogP contribution is -2.22. The van der Waals surface area contributed by atoms with Gasteiger partial charge in [0.2, 0.25) is 0 Å². The molecule has 1 aliphatic heterocycles. The predicted octanol–water partition coefficient (Wildman–Crippen LogP) is 0.305. The Hall–Kier alpha value is -1.86. The summed E-state index contributed by atoms with van der Waals surface area (Å²) in [6.07, 6.45) is 1.03. The lowest BCUT2D eigenvalue weighted by atomic mass is 10.3. The Labute approximate surface area is 117 Å². The zero-order valence-electron chi connectivity index (χ0n) is 11.4. The van der Waals surface area contributed by atoms with Crippen LogP contribution in [-0.2, 0) is 16.0 Å². The summed E-state index contributed by atoms with van der Waals surface area (Å²) in [7, 11) is 1.67. The van der Waals surface area contributed by atoms with Crippen molar-refractivity contribution in [2.24, 2.45) is 0 Å². The highest BCUT2D eigenvalue weighted by Gasteiger charge is 2.22. The van der Waals surface area contributed by atoms with Crippen molar-refractivity contribution in [2.45, 2.75) is 12.6 Å². The molecule has 20 heavy (non-hydrogen) atoms. The molecular weight excluding hydrogens is 262 g/mol. The molecule has 1 atom stereocenters. The number of alkyl carbamates (subject to hydrolysis) is 1. The number of ether oxygens (including phenoxy) is 3. The molecule has 0 aromatic carbocycles. The molecule has 0 spiro atoms. The maximum absolute atomic E-state index is 10.8. The minimum absolute atomic E-state index is 0.238. The molecule has 2 N–H and O–H groups in total. The Balaban J connectivity index is 1.69. The molecule has 1 unspecified atom stereocenters. The summed E-state index contributed by atoms with van der Waals surface area (Å²) in [5, 5.41) is 5.78. The van der Waals surface area contributed by atoms with Crippen LogP contribution in [0.1, 0.15) is 5.69 Å². The lowest BCUT2D eigenvalue weighted by molar-refractivity contribution is 0.104. The first-order valence-electron chi connectivity index (χ1n) is 6.50. The van der Waals surface area contributed by atoms with E-state index in [0.717, 1.165) is 12.2 Å². The minimum atomic E-state index is -0.394. The number of pyridine rings is 1. The van der Waals surface area contributed by atoms with Crippen LogP contribution in [0.5, 0.6) is 5.75 Å². The maximum Gasteiger partial charge on any atom is 0.407 e. The normalized spacial score (nSPS) is 17.6. The number of carbonyl (C=O) groups excluding carboxylic acids is 1. The van der Waals surface area contributed by atoms with Gasteiger partial charge in [0.25, 0.3) is 0 Å². The quantitative estimate of drug-likeness (QED) is 0.667. The van der Waals surface area contributed by atoms with Crippen molar-refractivity contribution in [1.29, 1.82) is 0 Å². The van der Waals surface area contributed by atoms with Gasteiger partial charge in [-0.15, -0.1) is 0 Å². The Morgan fingerprint density at radius 2 is 2.45 bits per heavy atom. The molecule has 7 nitrogen and oxygen atoms in total. The molecule has 1 fully saturated rings. The third kappa shape index (κ3) is 4.67. The number of nitrogens with zero attached hydrogens (tertiary/aromatic N) is 1. The Morgan fingerprint density at radius 1 is 1.55 bits per heavy atom. The van der Waals surface area contributed by atoms with Gasteiger partial charge < -0.3 is 24.8 Å². The number of hydrogen-bond donors (Lipinski definition) is 2. The van der Waals surface area contributed by atoms with Gasteiger partial charge in [0, 0.05) is 20.2 Å². The molecule has 7 heteroatoms. The molecule has 110 valence electrons. The van der Waals surface area contributed by atoms with Gasteiger partial charge >= 0.3 is 6.09 Å². The van der Waals surface area contributed by atoms with E-state index < -0.39 is 6.09 Å². The van der Waals surface area contributed by atoms with Crippen LogP contribution < -0.4 is 15.4 Å². The maximum atomic E-state index is 10.8. The van der Waals surface area contributed by atoms with Crippen molar-refractivity contribution in [3.05, 3.63) is 24.0 Å². The highest BCUT2D eigenvalue weighted by molar-refractivity contribution is 5.69. The largest absolute Gasteiger partial charge is 0.488 e. The van der Waals surface area contributed by atoms with Gasteiger partial charge in [-0.05, 0) is 12.1 Å². The topological polar surface area (TPSA) is 81.7 Å². The van der Waals surface area contributed by atoms with Crippen LogP contribution >= 0.6 is 0 Å². The van der Waals surface area contributed by atoms with Gasteiger partial charge in [-0.1, -0.05) is 0 Å². The molecule has 1 saturated heterocycles. The van der Waals surface area contributed by atoms with Crippen molar-refractivity contribution in [3.8, 4) is 5.75 Å². The van der Waals surface area contributed by atoms with E-state index in [-0.39, 0.29) is 6.10 Å². The van der Waals surface area contributed by atoms with Crippen LogP contribution in [0.2, 0.25) is 0 Å². The fourth-order valence-corrected chi connectivity index (χ4v) is 1.71. The summed E-state index contributed by atoms with van der Waals surface area (Å²) in [5.74, 6) is 0.661. The molecular formula is C13H19N3O4. The molecule has 2 rings (SSSR count). The highest BCUT2D eigenvalue weighted by atomic mass is 16.6. The molecule has 0 saturated carbocycles. The monoisotopic (exact) mass is 281 g/mol. The van der Waals surface area contributed by atoms with Crippen molar-refractivity contribution in [3.63, 3.8) is 0 Å². The molecule has 0 radical (unpaired) electrons. The van der Waals surface area contributed by atoms with E-state index in [1.54, 1.807) is 13.3 Å². The number of methoxy groups -OCH3 is 1. The first kappa shape index (κ1) is 14.5. The van der Waals surface area contributed by atoms with Crippen LogP contribution in [0.15, 0.2) is 18.3 Å². The lowest BCUT2D eigenvalue weighted by Gasteiger charge is -2.10. The molecule has 0 bridgehead atoms. The molecule has 1 aromatic heterocycles. The fourth-order valence-electron chi connectivity index (χ4n) is 1.71. The van der Waals surface area contributed by atoms with Crippen LogP contribution in [0.4, 0.5) is 4.79 Å². The Kier molecular flexibility index (Phi) is 5.57. The predicted molar refractivity (Wildman–Crippen MR) is 71.6 cm³/mol. The minimum Gasteiger partial charge on any atom is -0.488 e. The van der Waals surface area contributed by atoms with Crippen LogP contribution in [0.3, 0.4) is 0 Å². The van der Waals surface area contributed by atoms with E-state index in [9.17, 15) is 4.79 Å². The van der Waals surface area contributed by atoms with E-state index in [2.05, 4.69) is 15.6 Å². The van der Waals surface area contributed by atoms with Crippen LogP contribution in [0, 0.1) is 0 Å². The van der Waals surface area contributed by atoms with E-state index in [1.165, 1.54) is 0 Å². The second-order valence-corrected chi connectivity index (χ2v) is 4.37.